The molecule has 0 aliphatic carbocycles. The fraction of sp³-hybridized carbons (Fsp3) is 0.267. The first-order chi connectivity index (χ1) is 10.1. The standard InChI is InChI=1S/C15H15ClN4O/c1-8(14-9(2)20-21-10(14)3)19-15-12-5-4-11(16)6-13(12)17-7-18-15/h4-8H,1-3H3,(H,17,18,19). The number of rotatable bonds is 3. The highest BCUT2D eigenvalue weighted by Gasteiger charge is 2.17. The van der Waals surface area contributed by atoms with Crippen LogP contribution in [0, 0.1) is 13.8 Å². The second-order valence-electron chi connectivity index (χ2n) is 4.99. The predicted molar refractivity (Wildman–Crippen MR) is 82.6 cm³/mol. The SMILES string of the molecule is Cc1noc(C)c1C(C)Nc1ncnc2cc(Cl)ccc12. The third-order valence-corrected chi connectivity index (χ3v) is 3.71. The Morgan fingerprint density at radius 3 is 2.76 bits per heavy atom. The summed E-state index contributed by atoms with van der Waals surface area (Å²) >= 11 is 6.00. The van der Waals surface area contributed by atoms with Crippen LogP contribution in [0.15, 0.2) is 29.0 Å². The number of hydrogen-bond acceptors (Lipinski definition) is 5. The van der Waals surface area contributed by atoms with Gasteiger partial charge in [-0.1, -0.05) is 16.8 Å². The molecule has 0 amide bonds. The lowest BCUT2D eigenvalue weighted by molar-refractivity contribution is 0.392. The predicted octanol–water partition coefficient (Wildman–Crippen LogP) is 4.06. The van der Waals surface area contributed by atoms with Gasteiger partial charge in [-0.25, -0.2) is 9.97 Å². The molecular formula is C15H15ClN4O. The van der Waals surface area contributed by atoms with Crippen molar-refractivity contribution in [2.45, 2.75) is 26.8 Å². The molecule has 5 nitrogen and oxygen atoms in total. The first-order valence-corrected chi connectivity index (χ1v) is 7.03. The number of nitrogens with one attached hydrogen (secondary N) is 1. The van der Waals surface area contributed by atoms with Gasteiger partial charge in [-0.05, 0) is 39.0 Å². The number of nitrogens with zero attached hydrogens (tertiary/aromatic N) is 3. The average Bonchev–Trinajstić information content (AvgIpc) is 2.78. The summed E-state index contributed by atoms with van der Waals surface area (Å²) in [4.78, 5) is 8.57. The minimum Gasteiger partial charge on any atom is -0.363 e. The molecule has 21 heavy (non-hydrogen) atoms. The van der Waals surface area contributed by atoms with E-state index in [0.29, 0.717) is 5.02 Å². The highest BCUT2D eigenvalue weighted by atomic mass is 35.5. The number of halogens is 1. The van der Waals surface area contributed by atoms with Crippen molar-refractivity contribution in [3.8, 4) is 0 Å². The molecule has 0 spiro atoms. The van der Waals surface area contributed by atoms with Gasteiger partial charge in [0.15, 0.2) is 0 Å². The molecule has 0 fully saturated rings. The fourth-order valence-corrected chi connectivity index (χ4v) is 2.70. The number of benzene rings is 1. The van der Waals surface area contributed by atoms with Crippen LogP contribution in [-0.4, -0.2) is 15.1 Å². The van der Waals surface area contributed by atoms with Crippen LogP contribution in [0.2, 0.25) is 5.02 Å². The van der Waals surface area contributed by atoms with Gasteiger partial charge < -0.3 is 9.84 Å². The largest absolute Gasteiger partial charge is 0.363 e. The molecule has 2 heterocycles. The van der Waals surface area contributed by atoms with E-state index in [-0.39, 0.29) is 6.04 Å². The quantitative estimate of drug-likeness (QED) is 0.790. The Morgan fingerprint density at radius 1 is 1.24 bits per heavy atom. The molecule has 1 aromatic carbocycles. The molecule has 3 rings (SSSR count). The number of aryl methyl sites for hydroxylation is 2. The molecule has 2 aromatic heterocycles. The van der Waals surface area contributed by atoms with Crippen LogP contribution in [0.1, 0.15) is 30.0 Å². The van der Waals surface area contributed by atoms with E-state index in [9.17, 15) is 0 Å². The molecule has 3 aromatic rings. The zero-order chi connectivity index (χ0) is 15.0. The third-order valence-electron chi connectivity index (χ3n) is 3.47. The van der Waals surface area contributed by atoms with Crippen molar-refractivity contribution in [1.82, 2.24) is 15.1 Å². The van der Waals surface area contributed by atoms with E-state index in [1.165, 1.54) is 6.33 Å². The number of fused-ring (bicyclic) bond motifs is 1. The summed E-state index contributed by atoms with van der Waals surface area (Å²) in [7, 11) is 0. The van der Waals surface area contributed by atoms with Crippen molar-refractivity contribution >= 4 is 28.3 Å². The Balaban J connectivity index is 1.98. The molecule has 1 atom stereocenters. The summed E-state index contributed by atoms with van der Waals surface area (Å²) in [5.74, 6) is 1.58. The number of anilines is 1. The summed E-state index contributed by atoms with van der Waals surface area (Å²) < 4.78 is 5.22. The Kier molecular flexibility index (Phi) is 3.51. The molecule has 0 aliphatic rings. The van der Waals surface area contributed by atoms with Crippen LogP contribution < -0.4 is 5.32 Å². The summed E-state index contributed by atoms with van der Waals surface area (Å²) in [5, 5.41) is 8.97. The summed E-state index contributed by atoms with van der Waals surface area (Å²) in [6, 6.07) is 5.61. The molecule has 6 heteroatoms. The van der Waals surface area contributed by atoms with Gasteiger partial charge in [0, 0.05) is 16.0 Å². The lowest BCUT2D eigenvalue weighted by Crippen LogP contribution is -2.10. The number of hydrogen-bond donors (Lipinski definition) is 1. The first-order valence-electron chi connectivity index (χ1n) is 6.66. The third kappa shape index (κ3) is 2.56. The minimum absolute atomic E-state index is 0.0324. The van der Waals surface area contributed by atoms with E-state index >= 15 is 0 Å². The van der Waals surface area contributed by atoms with Gasteiger partial charge in [0.05, 0.1) is 17.3 Å². The zero-order valence-electron chi connectivity index (χ0n) is 12.0. The summed E-state index contributed by atoms with van der Waals surface area (Å²) in [6.45, 7) is 5.89. The van der Waals surface area contributed by atoms with E-state index in [1.807, 2.05) is 32.0 Å². The molecular weight excluding hydrogens is 288 g/mol. The van der Waals surface area contributed by atoms with Crippen molar-refractivity contribution in [1.29, 1.82) is 0 Å². The van der Waals surface area contributed by atoms with Crippen LogP contribution in [0.4, 0.5) is 5.82 Å². The summed E-state index contributed by atoms with van der Waals surface area (Å²) in [5.41, 5.74) is 2.75. The topological polar surface area (TPSA) is 63.8 Å². The Hall–Kier alpha value is -2.14. The van der Waals surface area contributed by atoms with Crippen LogP contribution in [0.3, 0.4) is 0 Å². The molecule has 0 saturated heterocycles. The maximum Gasteiger partial charge on any atom is 0.139 e. The van der Waals surface area contributed by atoms with Gasteiger partial charge in [-0.15, -0.1) is 0 Å². The first kappa shape index (κ1) is 13.8. The van der Waals surface area contributed by atoms with Crippen LogP contribution in [0.25, 0.3) is 10.9 Å². The van der Waals surface area contributed by atoms with Gasteiger partial charge in [0.25, 0.3) is 0 Å². The highest BCUT2D eigenvalue weighted by Crippen LogP contribution is 2.28. The smallest absolute Gasteiger partial charge is 0.139 e. The van der Waals surface area contributed by atoms with Gasteiger partial charge in [-0.3, -0.25) is 0 Å². The van der Waals surface area contributed by atoms with Crippen LogP contribution in [-0.2, 0) is 0 Å². The van der Waals surface area contributed by atoms with Crippen LogP contribution >= 0.6 is 11.6 Å². The maximum atomic E-state index is 6.00. The molecule has 0 aliphatic heterocycles. The highest BCUT2D eigenvalue weighted by molar-refractivity contribution is 6.31. The molecule has 108 valence electrons. The van der Waals surface area contributed by atoms with E-state index in [2.05, 4.69) is 27.4 Å². The fourth-order valence-electron chi connectivity index (χ4n) is 2.53. The second kappa shape index (κ2) is 5.33. The van der Waals surface area contributed by atoms with Crippen molar-refractivity contribution in [3.05, 3.63) is 46.6 Å². The van der Waals surface area contributed by atoms with Gasteiger partial charge in [0.2, 0.25) is 0 Å². The lowest BCUT2D eigenvalue weighted by Gasteiger charge is -2.15. The van der Waals surface area contributed by atoms with E-state index < -0.39 is 0 Å². The summed E-state index contributed by atoms with van der Waals surface area (Å²) in [6.07, 6.45) is 1.53. The molecule has 1 N–H and O–H groups in total. The average molecular weight is 303 g/mol. The van der Waals surface area contributed by atoms with Gasteiger partial charge in [-0.2, -0.15) is 0 Å². The normalized spacial score (nSPS) is 12.6. The number of aromatic nitrogens is 3. The van der Waals surface area contributed by atoms with E-state index in [0.717, 1.165) is 33.7 Å². The van der Waals surface area contributed by atoms with Gasteiger partial charge in [0.1, 0.15) is 17.9 Å². The van der Waals surface area contributed by atoms with E-state index in [4.69, 9.17) is 16.1 Å². The van der Waals surface area contributed by atoms with Crippen molar-refractivity contribution in [2.75, 3.05) is 5.32 Å². The zero-order valence-corrected chi connectivity index (χ0v) is 12.8. The molecule has 0 radical (unpaired) electrons. The molecule has 0 saturated carbocycles. The second-order valence-corrected chi connectivity index (χ2v) is 5.42. The lowest BCUT2D eigenvalue weighted by atomic mass is 10.1. The maximum absolute atomic E-state index is 6.00. The molecule has 0 bridgehead atoms. The molecule has 1 unspecified atom stereocenters. The van der Waals surface area contributed by atoms with Crippen molar-refractivity contribution in [3.63, 3.8) is 0 Å². The Bertz CT molecular complexity index is 780. The van der Waals surface area contributed by atoms with E-state index in [1.54, 1.807) is 0 Å². The Morgan fingerprint density at radius 2 is 2.05 bits per heavy atom. The van der Waals surface area contributed by atoms with Crippen LogP contribution in [0.5, 0.6) is 0 Å². The van der Waals surface area contributed by atoms with Crippen molar-refractivity contribution in [2.24, 2.45) is 0 Å². The Labute approximate surface area is 127 Å². The van der Waals surface area contributed by atoms with Crippen molar-refractivity contribution < 1.29 is 4.52 Å². The van der Waals surface area contributed by atoms with Gasteiger partial charge >= 0.3 is 0 Å². The monoisotopic (exact) mass is 302 g/mol. The minimum atomic E-state index is 0.0324.